The van der Waals surface area contributed by atoms with Crippen molar-refractivity contribution in [2.75, 3.05) is 13.2 Å². The van der Waals surface area contributed by atoms with Crippen molar-refractivity contribution in [3.8, 4) is 11.4 Å². The fraction of sp³-hybridized carbons (Fsp3) is 0.0870. The standard InChI is InChI=1S/C23H17ClN2O4/c24-16-10-12-18(13-11-16)29-14-15-30-23(28)21-19-8-4-5-9-20(19)22(27)26(25-21)17-6-2-1-3-7-17/h1-13H,14-15H2. The average molecular weight is 421 g/mol. The number of rotatable bonds is 6. The van der Waals surface area contributed by atoms with E-state index in [4.69, 9.17) is 21.1 Å². The van der Waals surface area contributed by atoms with Gasteiger partial charge in [-0.1, -0.05) is 48.0 Å². The third-order valence-corrected chi connectivity index (χ3v) is 4.65. The summed E-state index contributed by atoms with van der Waals surface area (Å²) in [5.41, 5.74) is 0.327. The maximum Gasteiger partial charge on any atom is 0.359 e. The number of halogens is 1. The monoisotopic (exact) mass is 420 g/mol. The summed E-state index contributed by atoms with van der Waals surface area (Å²) in [4.78, 5) is 25.6. The van der Waals surface area contributed by atoms with E-state index in [1.54, 1.807) is 72.8 Å². The number of ether oxygens (including phenoxy) is 2. The van der Waals surface area contributed by atoms with E-state index in [1.807, 2.05) is 6.07 Å². The number of para-hydroxylation sites is 1. The minimum absolute atomic E-state index is 0.0297. The molecule has 0 aliphatic rings. The smallest absolute Gasteiger partial charge is 0.359 e. The van der Waals surface area contributed by atoms with Crippen molar-refractivity contribution in [1.82, 2.24) is 9.78 Å². The molecule has 1 heterocycles. The average Bonchev–Trinajstić information content (AvgIpc) is 2.79. The Bertz CT molecular complexity index is 1240. The molecule has 0 unspecified atom stereocenters. The van der Waals surface area contributed by atoms with Crippen molar-refractivity contribution in [2.24, 2.45) is 0 Å². The summed E-state index contributed by atoms with van der Waals surface area (Å²) in [6.07, 6.45) is 0. The van der Waals surface area contributed by atoms with Crippen LogP contribution >= 0.6 is 11.6 Å². The number of nitrogens with zero attached hydrogens (tertiary/aromatic N) is 2. The first kappa shape index (κ1) is 19.7. The minimum atomic E-state index is -0.629. The molecule has 0 fully saturated rings. The first-order valence-corrected chi connectivity index (χ1v) is 9.64. The van der Waals surface area contributed by atoms with Crippen LogP contribution in [0.1, 0.15) is 10.5 Å². The Morgan fingerprint density at radius 3 is 2.27 bits per heavy atom. The summed E-state index contributed by atoms with van der Waals surface area (Å²) >= 11 is 5.84. The molecule has 0 spiro atoms. The SMILES string of the molecule is O=C(OCCOc1ccc(Cl)cc1)c1nn(-c2ccccc2)c(=O)c2ccccc12. The Labute approximate surface area is 177 Å². The number of hydrogen-bond acceptors (Lipinski definition) is 5. The maximum absolute atomic E-state index is 12.9. The van der Waals surface area contributed by atoms with E-state index in [0.717, 1.165) is 0 Å². The Kier molecular flexibility index (Phi) is 5.77. The van der Waals surface area contributed by atoms with Crippen molar-refractivity contribution in [3.63, 3.8) is 0 Å². The summed E-state index contributed by atoms with van der Waals surface area (Å²) in [5.74, 6) is -0.00719. The van der Waals surface area contributed by atoms with Gasteiger partial charge >= 0.3 is 5.97 Å². The first-order valence-electron chi connectivity index (χ1n) is 9.26. The zero-order valence-corrected chi connectivity index (χ0v) is 16.6. The van der Waals surface area contributed by atoms with Gasteiger partial charge in [-0.25, -0.2) is 4.79 Å². The molecule has 4 aromatic rings. The van der Waals surface area contributed by atoms with Crippen LogP contribution in [0.15, 0.2) is 83.7 Å². The van der Waals surface area contributed by atoms with Gasteiger partial charge in [-0.3, -0.25) is 4.79 Å². The van der Waals surface area contributed by atoms with Crippen molar-refractivity contribution >= 4 is 28.3 Å². The molecule has 4 rings (SSSR count). The lowest BCUT2D eigenvalue weighted by Gasteiger charge is -2.11. The molecule has 7 heteroatoms. The van der Waals surface area contributed by atoms with Crippen LogP contribution in [0.4, 0.5) is 0 Å². The molecule has 0 aliphatic heterocycles. The molecule has 0 amide bonds. The maximum atomic E-state index is 12.9. The van der Waals surface area contributed by atoms with Crippen molar-refractivity contribution < 1.29 is 14.3 Å². The van der Waals surface area contributed by atoms with E-state index >= 15 is 0 Å². The molecule has 0 radical (unpaired) electrons. The molecule has 0 saturated carbocycles. The fourth-order valence-electron chi connectivity index (χ4n) is 2.98. The van der Waals surface area contributed by atoms with E-state index in [1.165, 1.54) is 4.68 Å². The minimum Gasteiger partial charge on any atom is -0.490 e. The lowest BCUT2D eigenvalue weighted by Crippen LogP contribution is -2.25. The normalized spacial score (nSPS) is 10.7. The number of carbonyl (C=O) groups excluding carboxylic acids is 1. The predicted octanol–water partition coefficient (Wildman–Crippen LogP) is 4.27. The van der Waals surface area contributed by atoms with E-state index in [0.29, 0.717) is 27.2 Å². The summed E-state index contributed by atoms with van der Waals surface area (Å²) < 4.78 is 12.1. The van der Waals surface area contributed by atoms with Gasteiger partial charge in [0.15, 0.2) is 5.69 Å². The lowest BCUT2D eigenvalue weighted by atomic mass is 10.1. The highest BCUT2D eigenvalue weighted by molar-refractivity contribution is 6.30. The Morgan fingerprint density at radius 2 is 1.53 bits per heavy atom. The number of benzene rings is 3. The molecule has 0 atom stereocenters. The van der Waals surface area contributed by atoms with Gasteiger partial charge in [-0.05, 0) is 42.5 Å². The molecule has 0 bridgehead atoms. The summed E-state index contributed by atoms with van der Waals surface area (Å²) in [6.45, 7) is 0.200. The van der Waals surface area contributed by atoms with E-state index in [2.05, 4.69) is 5.10 Å². The molecule has 0 saturated heterocycles. The quantitative estimate of drug-likeness (QED) is 0.344. The molecule has 0 aliphatic carbocycles. The molecule has 6 nitrogen and oxygen atoms in total. The van der Waals surface area contributed by atoms with Crippen molar-refractivity contribution in [2.45, 2.75) is 0 Å². The van der Waals surface area contributed by atoms with Crippen LogP contribution in [0.3, 0.4) is 0 Å². The number of fused-ring (bicyclic) bond motifs is 1. The highest BCUT2D eigenvalue weighted by atomic mass is 35.5. The van der Waals surface area contributed by atoms with Crippen molar-refractivity contribution in [1.29, 1.82) is 0 Å². The molecule has 1 aromatic heterocycles. The van der Waals surface area contributed by atoms with E-state index < -0.39 is 5.97 Å². The largest absolute Gasteiger partial charge is 0.490 e. The third-order valence-electron chi connectivity index (χ3n) is 4.40. The van der Waals surface area contributed by atoms with Gasteiger partial charge in [-0.2, -0.15) is 9.78 Å². The first-order chi connectivity index (χ1) is 14.6. The van der Waals surface area contributed by atoms with Gasteiger partial charge in [0.1, 0.15) is 19.0 Å². The highest BCUT2D eigenvalue weighted by Crippen LogP contribution is 2.17. The number of aromatic nitrogens is 2. The predicted molar refractivity (Wildman–Crippen MR) is 115 cm³/mol. The van der Waals surface area contributed by atoms with Gasteiger partial charge in [0.05, 0.1) is 11.1 Å². The second-order valence-corrected chi connectivity index (χ2v) is 6.82. The summed E-state index contributed by atoms with van der Waals surface area (Å²) in [7, 11) is 0. The van der Waals surface area contributed by atoms with Gasteiger partial charge in [0, 0.05) is 10.4 Å². The molecular weight excluding hydrogens is 404 g/mol. The van der Waals surface area contributed by atoms with Crippen LogP contribution in [-0.4, -0.2) is 29.0 Å². The van der Waals surface area contributed by atoms with Crippen LogP contribution in [0.2, 0.25) is 5.02 Å². The van der Waals surface area contributed by atoms with Crippen molar-refractivity contribution in [3.05, 3.63) is 99.9 Å². The van der Waals surface area contributed by atoms with Gasteiger partial charge < -0.3 is 9.47 Å². The third kappa shape index (κ3) is 4.18. The summed E-state index contributed by atoms with van der Waals surface area (Å²) in [6, 6.07) is 22.7. The van der Waals surface area contributed by atoms with Crippen LogP contribution in [-0.2, 0) is 4.74 Å². The van der Waals surface area contributed by atoms with Crippen LogP contribution < -0.4 is 10.3 Å². The van der Waals surface area contributed by atoms with Gasteiger partial charge in [0.2, 0.25) is 0 Å². The zero-order chi connectivity index (χ0) is 20.9. The lowest BCUT2D eigenvalue weighted by molar-refractivity contribution is 0.0444. The van der Waals surface area contributed by atoms with Gasteiger partial charge in [0.25, 0.3) is 5.56 Å². The topological polar surface area (TPSA) is 70.4 Å². The Balaban J connectivity index is 1.56. The van der Waals surface area contributed by atoms with E-state index in [-0.39, 0.29) is 24.5 Å². The second kappa shape index (κ2) is 8.80. The van der Waals surface area contributed by atoms with E-state index in [9.17, 15) is 9.59 Å². The number of esters is 1. The Hall–Kier alpha value is -3.64. The molecule has 3 aromatic carbocycles. The van der Waals surface area contributed by atoms with Gasteiger partial charge in [-0.15, -0.1) is 0 Å². The highest BCUT2D eigenvalue weighted by Gasteiger charge is 2.18. The molecule has 150 valence electrons. The zero-order valence-electron chi connectivity index (χ0n) is 15.8. The Morgan fingerprint density at radius 1 is 0.867 bits per heavy atom. The van der Waals surface area contributed by atoms with Crippen LogP contribution in [0.25, 0.3) is 16.5 Å². The number of carbonyl (C=O) groups is 1. The summed E-state index contributed by atoms with van der Waals surface area (Å²) in [5, 5.41) is 5.74. The molecular formula is C23H17ClN2O4. The fourth-order valence-corrected chi connectivity index (χ4v) is 3.10. The molecule has 30 heavy (non-hydrogen) atoms. The van der Waals surface area contributed by atoms with Crippen LogP contribution in [0.5, 0.6) is 5.75 Å². The molecule has 0 N–H and O–H groups in total. The van der Waals surface area contributed by atoms with Crippen LogP contribution in [0, 0.1) is 0 Å². The second-order valence-electron chi connectivity index (χ2n) is 6.38. The number of hydrogen-bond donors (Lipinski definition) is 0.